The Hall–Kier alpha value is -2.98. The zero-order valence-electron chi connectivity index (χ0n) is 16.7. The van der Waals surface area contributed by atoms with Crippen molar-refractivity contribution in [3.63, 3.8) is 0 Å². The molecule has 1 fully saturated rings. The first-order chi connectivity index (χ1) is 14.5. The Labute approximate surface area is 177 Å². The zero-order chi connectivity index (χ0) is 21.1. The third kappa shape index (κ3) is 4.29. The summed E-state index contributed by atoms with van der Waals surface area (Å²) in [6, 6.07) is 8.85. The van der Waals surface area contributed by atoms with Gasteiger partial charge in [0.2, 0.25) is 0 Å². The minimum Gasteiger partial charge on any atom is -0.395 e. The normalized spacial score (nSPS) is 14.9. The second-order valence-corrected chi connectivity index (χ2v) is 8.10. The van der Waals surface area contributed by atoms with Crippen LogP contribution < -0.4 is 10.2 Å². The average molecular weight is 430 g/mol. The van der Waals surface area contributed by atoms with Crippen LogP contribution in [0.5, 0.6) is 0 Å². The van der Waals surface area contributed by atoms with E-state index in [1.165, 1.54) is 22.4 Å². The maximum absolute atomic E-state index is 12.0. The number of aryl methyl sites for hydroxylation is 1. The van der Waals surface area contributed by atoms with Gasteiger partial charge in [0.25, 0.3) is 5.91 Å². The third-order valence-electron chi connectivity index (χ3n) is 5.22. The molecule has 0 atom stereocenters. The van der Waals surface area contributed by atoms with Crippen LogP contribution in [0.25, 0.3) is 10.2 Å². The number of aromatic nitrogens is 1. The topological polar surface area (TPSA) is 105 Å². The molecule has 3 heterocycles. The summed E-state index contributed by atoms with van der Waals surface area (Å²) in [7, 11) is 0. The SMILES string of the molecule is CCc1cccc2sc(N3CCN(CCNC(=O)c4ccc([N+](=O)[O-])o4)CC3)nc12. The summed E-state index contributed by atoms with van der Waals surface area (Å²) in [6.07, 6.45) is 0.978. The molecule has 1 N–H and O–H groups in total. The first kappa shape index (κ1) is 20.3. The van der Waals surface area contributed by atoms with Gasteiger partial charge in [-0.05, 0) is 24.1 Å². The molecule has 3 aromatic rings. The van der Waals surface area contributed by atoms with Crippen LogP contribution in [-0.2, 0) is 6.42 Å². The van der Waals surface area contributed by atoms with Gasteiger partial charge in [0.15, 0.2) is 10.9 Å². The largest absolute Gasteiger partial charge is 0.433 e. The van der Waals surface area contributed by atoms with Gasteiger partial charge in [-0.3, -0.25) is 19.8 Å². The van der Waals surface area contributed by atoms with E-state index in [0.29, 0.717) is 13.1 Å². The first-order valence-electron chi connectivity index (χ1n) is 9.93. The van der Waals surface area contributed by atoms with Crippen molar-refractivity contribution in [1.82, 2.24) is 15.2 Å². The van der Waals surface area contributed by atoms with E-state index in [9.17, 15) is 14.9 Å². The maximum atomic E-state index is 12.0. The molecule has 0 unspecified atom stereocenters. The maximum Gasteiger partial charge on any atom is 0.433 e. The molecule has 0 bridgehead atoms. The van der Waals surface area contributed by atoms with Crippen molar-refractivity contribution in [2.24, 2.45) is 0 Å². The van der Waals surface area contributed by atoms with Gasteiger partial charge >= 0.3 is 5.88 Å². The van der Waals surface area contributed by atoms with Crippen LogP contribution in [0.1, 0.15) is 23.0 Å². The number of nitrogens with zero attached hydrogens (tertiary/aromatic N) is 4. The Kier molecular flexibility index (Phi) is 5.96. The quantitative estimate of drug-likeness (QED) is 0.455. The summed E-state index contributed by atoms with van der Waals surface area (Å²) in [4.78, 5) is 31.5. The van der Waals surface area contributed by atoms with E-state index in [1.807, 2.05) is 0 Å². The minimum absolute atomic E-state index is 0.0474. The number of carbonyl (C=O) groups is 1. The molecular weight excluding hydrogens is 406 g/mol. The molecule has 0 saturated carbocycles. The molecule has 30 heavy (non-hydrogen) atoms. The highest BCUT2D eigenvalue weighted by molar-refractivity contribution is 7.22. The van der Waals surface area contributed by atoms with Crippen molar-refractivity contribution >= 4 is 38.5 Å². The number of amides is 1. The number of furan rings is 1. The van der Waals surface area contributed by atoms with Crippen molar-refractivity contribution in [3.8, 4) is 0 Å². The lowest BCUT2D eigenvalue weighted by molar-refractivity contribution is -0.402. The fourth-order valence-corrected chi connectivity index (χ4v) is 4.60. The fourth-order valence-electron chi connectivity index (χ4n) is 3.54. The Morgan fingerprint density at radius 2 is 2.07 bits per heavy atom. The number of nitrogens with one attached hydrogen (secondary N) is 1. The van der Waals surface area contributed by atoms with Gasteiger partial charge in [-0.1, -0.05) is 30.4 Å². The molecule has 1 aromatic carbocycles. The number of para-hydroxylation sites is 1. The second kappa shape index (κ2) is 8.80. The van der Waals surface area contributed by atoms with Crippen LogP contribution in [0.15, 0.2) is 34.7 Å². The number of hydrogen-bond acceptors (Lipinski definition) is 8. The van der Waals surface area contributed by atoms with E-state index >= 15 is 0 Å². The number of anilines is 1. The zero-order valence-corrected chi connectivity index (χ0v) is 17.5. The van der Waals surface area contributed by atoms with Crippen LogP contribution in [0.3, 0.4) is 0 Å². The molecule has 9 nitrogen and oxygen atoms in total. The molecule has 10 heteroatoms. The van der Waals surface area contributed by atoms with Crippen molar-refractivity contribution in [2.75, 3.05) is 44.2 Å². The van der Waals surface area contributed by atoms with E-state index in [2.05, 4.69) is 40.2 Å². The summed E-state index contributed by atoms with van der Waals surface area (Å²) in [5, 5.41) is 14.5. The van der Waals surface area contributed by atoms with E-state index in [0.717, 1.165) is 43.2 Å². The van der Waals surface area contributed by atoms with Crippen molar-refractivity contribution < 1.29 is 14.1 Å². The van der Waals surface area contributed by atoms with E-state index < -0.39 is 16.7 Å². The standard InChI is InChI=1S/C20H23N5O4S/c1-2-14-4-3-5-16-18(14)22-20(30-16)24-12-10-23(11-13-24)9-8-21-19(26)15-6-7-17(29-15)25(27)28/h3-7H,2,8-13H2,1H3,(H,21,26). The number of hydrogen-bond donors (Lipinski definition) is 1. The number of rotatable bonds is 7. The molecule has 0 spiro atoms. The van der Waals surface area contributed by atoms with Gasteiger partial charge in [-0.15, -0.1) is 0 Å². The predicted octanol–water partition coefficient (Wildman–Crippen LogP) is 2.91. The predicted molar refractivity (Wildman–Crippen MR) is 115 cm³/mol. The molecule has 1 amide bonds. The smallest absolute Gasteiger partial charge is 0.395 e. The highest BCUT2D eigenvalue weighted by Gasteiger charge is 2.21. The molecule has 1 aliphatic heterocycles. The molecule has 1 saturated heterocycles. The van der Waals surface area contributed by atoms with Crippen LogP contribution in [-0.4, -0.2) is 60.0 Å². The number of carbonyl (C=O) groups excluding carboxylic acids is 1. The average Bonchev–Trinajstić information content (AvgIpc) is 3.41. The minimum atomic E-state index is -0.662. The Balaban J connectivity index is 1.26. The monoisotopic (exact) mass is 429 g/mol. The van der Waals surface area contributed by atoms with Gasteiger partial charge in [0, 0.05) is 39.3 Å². The highest BCUT2D eigenvalue weighted by Crippen LogP contribution is 2.31. The van der Waals surface area contributed by atoms with Crippen molar-refractivity contribution in [1.29, 1.82) is 0 Å². The number of fused-ring (bicyclic) bond motifs is 1. The number of piperazine rings is 1. The van der Waals surface area contributed by atoms with Gasteiger partial charge in [0.1, 0.15) is 4.92 Å². The van der Waals surface area contributed by atoms with E-state index in [1.54, 1.807) is 11.3 Å². The van der Waals surface area contributed by atoms with Gasteiger partial charge in [-0.25, -0.2) is 4.98 Å². The molecular formula is C20H23N5O4S. The van der Waals surface area contributed by atoms with Crippen LogP contribution in [0, 0.1) is 10.1 Å². The molecule has 0 radical (unpaired) electrons. The lowest BCUT2D eigenvalue weighted by Gasteiger charge is -2.34. The molecule has 4 rings (SSSR count). The van der Waals surface area contributed by atoms with Crippen molar-refractivity contribution in [3.05, 3.63) is 51.8 Å². The number of thiazole rings is 1. The summed E-state index contributed by atoms with van der Waals surface area (Å²) >= 11 is 1.74. The lowest BCUT2D eigenvalue weighted by atomic mass is 10.1. The Morgan fingerprint density at radius 1 is 1.27 bits per heavy atom. The summed E-state index contributed by atoms with van der Waals surface area (Å²) in [6.45, 7) is 6.87. The lowest BCUT2D eigenvalue weighted by Crippen LogP contribution is -2.48. The number of nitro groups is 1. The second-order valence-electron chi connectivity index (χ2n) is 7.09. The summed E-state index contributed by atoms with van der Waals surface area (Å²) in [5.74, 6) is -0.922. The van der Waals surface area contributed by atoms with Gasteiger partial charge < -0.3 is 14.6 Å². The summed E-state index contributed by atoms with van der Waals surface area (Å²) < 4.78 is 6.15. The van der Waals surface area contributed by atoms with Crippen LogP contribution in [0.4, 0.5) is 11.0 Å². The third-order valence-corrected chi connectivity index (χ3v) is 6.31. The Morgan fingerprint density at radius 3 is 2.77 bits per heavy atom. The van der Waals surface area contributed by atoms with Gasteiger partial charge in [0.05, 0.1) is 16.3 Å². The highest BCUT2D eigenvalue weighted by atomic mass is 32.1. The van der Waals surface area contributed by atoms with E-state index in [-0.39, 0.29) is 5.76 Å². The van der Waals surface area contributed by atoms with Crippen LogP contribution >= 0.6 is 11.3 Å². The Bertz CT molecular complexity index is 1050. The molecule has 1 aliphatic rings. The van der Waals surface area contributed by atoms with Crippen molar-refractivity contribution in [2.45, 2.75) is 13.3 Å². The molecule has 2 aromatic heterocycles. The summed E-state index contributed by atoms with van der Waals surface area (Å²) in [5.41, 5.74) is 2.40. The first-order valence-corrected chi connectivity index (χ1v) is 10.7. The number of benzene rings is 1. The fraction of sp³-hybridized carbons (Fsp3) is 0.400. The van der Waals surface area contributed by atoms with E-state index in [4.69, 9.17) is 9.40 Å². The van der Waals surface area contributed by atoms with Crippen LogP contribution in [0.2, 0.25) is 0 Å². The van der Waals surface area contributed by atoms with Gasteiger partial charge in [-0.2, -0.15) is 0 Å². The molecule has 158 valence electrons. The molecule has 0 aliphatic carbocycles.